The number of hydrogen-bond donors (Lipinski definition) is 2. The van der Waals surface area contributed by atoms with Gasteiger partial charge in [-0.05, 0) is 24.3 Å². The number of aromatic nitrogens is 2. The van der Waals surface area contributed by atoms with Crippen LogP contribution >= 0.6 is 11.5 Å². The first kappa shape index (κ1) is 14.5. The SMILES string of the molecule is CN(c1ccc(C(=N)N)cc1)c1nc(C(C)(C)C)ns1. The monoisotopic (exact) mass is 289 g/mol. The lowest BCUT2D eigenvalue weighted by Crippen LogP contribution is -2.15. The Morgan fingerprint density at radius 3 is 2.30 bits per heavy atom. The molecule has 5 nitrogen and oxygen atoms in total. The summed E-state index contributed by atoms with van der Waals surface area (Å²) in [4.78, 5) is 6.56. The van der Waals surface area contributed by atoms with E-state index in [1.165, 1.54) is 11.5 Å². The van der Waals surface area contributed by atoms with Crippen LogP contribution in [0.3, 0.4) is 0 Å². The minimum absolute atomic E-state index is 0.0475. The number of hydrogen-bond acceptors (Lipinski definition) is 5. The molecular weight excluding hydrogens is 270 g/mol. The molecule has 0 fully saturated rings. The van der Waals surface area contributed by atoms with Crippen molar-refractivity contribution in [2.24, 2.45) is 5.73 Å². The van der Waals surface area contributed by atoms with Crippen molar-refractivity contribution in [2.75, 3.05) is 11.9 Å². The summed E-state index contributed by atoms with van der Waals surface area (Å²) in [5, 5.41) is 8.25. The molecule has 0 unspecified atom stereocenters. The van der Waals surface area contributed by atoms with Crippen LogP contribution in [0.2, 0.25) is 0 Å². The standard InChI is InChI=1S/C14H19N5S/c1-14(2,3)12-17-13(20-18-12)19(4)10-7-5-9(6-8-10)11(15)16/h5-8H,1-4H3,(H3,15,16). The molecule has 0 amide bonds. The normalized spacial score (nSPS) is 11.4. The molecule has 0 radical (unpaired) electrons. The van der Waals surface area contributed by atoms with Crippen LogP contribution in [0, 0.1) is 5.41 Å². The number of anilines is 2. The van der Waals surface area contributed by atoms with Gasteiger partial charge in [-0.3, -0.25) is 5.41 Å². The summed E-state index contributed by atoms with van der Waals surface area (Å²) in [5.41, 5.74) is 7.11. The maximum Gasteiger partial charge on any atom is 0.209 e. The predicted molar refractivity (Wildman–Crippen MR) is 84.1 cm³/mol. The molecule has 1 aromatic heterocycles. The maximum absolute atomic E-state index is 7.39. The molecule has 0 saturated carbocycles. The van der Waals surface area contributed by atoms with Gasteiger partial charge < -0.3 is 10.6 Å². The van der Waals surface area contributed by atoms with Crippen molar-refractivity contribution in [3.05, 3.63) is 35.7 Å². The first-order chi connectivity index (χ1) is 9.29. The molecule has 0 aliphatic rings. The van der Waals surface area contributed by atoms with Crippen LogP contribution in [0.25, 0.3) is 0 Å². The van der Waals surface area contributed by atoms with Gasteiger partial charge in [0.25, 0.3) is 0 Å². The van der Waals surface area contributed by atoms with Gasteiger partial charge in [-0.25, -0.2) is 4.98 Å². The van der Waals surface area contributed by atoms with Crippen molar-refractivity contribution in [3.8, 4) is 0 Å². The lowest BCUT2D eigenvalue weighted by atomic mass is 9.96. The molecule has 0 aliphatic carbocycles. The molecule has 1 heterocycles. The fourth-order valence-corrected chi connectivity index (χ4v) is 2.47. The highest BCUT2D eigenvalue weighted by Crippen LogP contribution is 2.29. The fraction of sp³-hybridized carbons (Fsp3) is 0.357. The van der Waals surface area contributed by atoms with E-state index in [1.807, 2.05) is 36.2 Å². The maximum atomic E-state index is 7.39. The van der Waals surface area contributed by atoms with E-state index in [-0.39, 0.29) is 11.3 Å². The number of amidine groups is 1. The average Bonchev–Trinajstić information content (AvgIpc) is 2.87. The minimum Gasteiger partial charge on any atom is -0.384 e. The summed E-state index contributed by atoms with van der Waals surface area (Å²) >= 11 is 1.39. The Morgan fingerprint density at radius 1 is 1.25 bits per heavy atom. The number of rotatable bonds is 3. The van der Waals surface area contributed by atoms with E-state index in [9.17, 15) is 0 Å². The van der Waals surface area contributed by atoms with Crippen molar-refractivity contribution in [1.82, 2.24) is 9.36 Å². The zero-order chi connectivity index (χ0) is 14.9. The van der Waals surface area contributed by atoms with E-state index in [2.05, 4.69) is 30.1 Å². The van der Waals surface area contributed by atoms with Gasteiger partial charge in [0.15, 0.2) is 0 Å². The Bertz CT molecular complexity index is 609. The van der Waals surface area contributed by atoms with E-state index in [1.54, 1.807) is 0 Å². The Morgan fingerprint density at radius 2 is 1.85 bits per heavy atom. The van der Waals surface area contributed by atoms with E-state index in [0.717, 1.165) is 22.2 Å². The van der Waals surface area contributed by atoms with Crippen LogP contribution < -0.4 is 10.6 Å². The highest BCUT2D eigenvalue weighted by atomic mass is 32.1. The molecule has 2 aromatic rings. The quantitative estimate of drug-likeness (QED) is 0.672. The second kappa shape index (κ2) is 5.20. The van der Waals surface area contributed by atoms with Gasteiger partial charge in [0.1, 0.15) is 11.7 Å². The van der Waals surface area contributed by atoms with Crippen LogP contribution in [-0.4, -0.2) is 22.2 Å². The third-order valence-corrected chi connectivity index (χ3v) is 3.73. The van der Waals surface area contributed by atoms with Crippen LogP contribution in [0.5, 0.6) is 0 Å². The lowest BCUT2D eigenvalue weighted by molar-refractivity contribution is 0.555. The average molecular weight is 289 g/mol. The van der Waals surface area contributed by atoms with E-state index in [4.69, 9.17) is 11.1 Å². The third-order valence-electron chi connectivity index (χ3n) is 2.94. The Kier molecular flexibility index (Phi) is 3.76. The number of nitrogens with two attached hydrogens (primary N) is 1. The molecule has 2 rings (SSSR count). The zero-order valence-electron chi connectivity index (χ0n) is 12.1. The summed E-state index contributed by atoms with van der Waals surface area (Å²) in [7, 11) is 1.95. The molecule has 0 atom stereocenters. The van der Waals surface area contributed by atoms with Crippen molar-refractivity contribution in [2.45, 2.75) is 26.2 Å². The first-order valence-electron chi connectivity index (χ1n) is 6.31. The molecular formula is C14H19N5S. The van der Waals surface area contributed by atoms with Gasteiger partial charge in [0.2, 0.25) is 5.13 Å². The molecule has 0 bridgehead atoms. The predicted octanol–water partition coefficient (Wildman–Crippen LogP) is 2.89. The van der Waals surface area contributed by atoms with E-state index < -0.39 is 0 Å². The van der Waals surface area contributed by atoms with Crippen molar-refractivity contribution in [3.63, 3.8) is 0 Å². The fourth-order valence-electron chi connectivity index (χ4n) is 1.63. The molecule has 1 aromatic carbocycles. The summed E-state index contributed by atoms with van der Waals surface area (Å²) < 4.78 is 4.41. The molecule has 0 spiro atoms. The highest BCUT2D eigenvalue weighted by molar-refractivity contribution is 7.09. The number of benzene rings is 1. The van der Waals surface area contributed by atoms with Crippen LogP contribution in [-0.2, 0) is 5.41 Å². The second-order valence-electron chi connectivity index (χ2n) is 5.67. The molecule has 3 N–H and O–H groups in total. The van der Waals surface area contributed by atoms with Gasteiger partial charge in [-0.2, -0.15) is 4.37 Å². The molecule has 0 aliphatic heterocycles. The third kappa shape index (κ3) is 2.96. The summed E-state index contributed by atoms with van der Waals surface area (Å²) in [6.45, 7) is 6.29. The Labute approximate surface area is 123 Å². The minimum atomic E-state index is -0.0475. The first-order valence-corrected chi connectivity index (χ1v) is 7.09. The van der Waals surface area contributed by atoms with Gasteiger partial charge >= 0.3 is 0 Å². The topological polar surface area (TPSA) is 78.9 Å². The van der Waals surface area contributed by atoms with Crippen molar-refractivity contribution in [1.29, 1.82) is 5.41 Å². The number of nitrogen functional groups attached to an aromatic ring is 1. The smallest absolute Gasteiger partial charge is 0.209 e. The van der Waals surface area contributed by atoms with Crippen molar-refractivity contribution < 1.29 is 0 Å². The summed E-state index contributed by atoms with van der Waals surface area (Å²) in [6, 6.07) is 7.52. The van der Waals surface area contributed by atoms with Gasteiger partial charge in [0, 0.05) is 35.2 Å². The number of nitrogens with one attached hydrogen (secondary N) is 1. The van der Waals surface area contributed by atoms with E-state index in [0.29, 0.717) is 0 Å². The lowest BCUT2D eigenvalue weighted by Gasteiger charge is -2.16. The van der Waals surface area contributed by atoms with Crippen LogP contribution in [0.1, 0.15) is 32.2 Å². The van der Waals surface area contributed by atoms with Crippen LogP contribution in [0.15, 0.2) is 24.3 Å². The molecule has 20 heavy (non-hydrogen) atoms. The zero-order valence-corrected chi connectivity index (χ0v) is 13.0. The van der Waals surface area contributed by atoms with Crippen molar-refractivity contribution >= 4 is 28.2 Å². The summed E-state index contributed by atoms with van der Waals surface area (Å²) in [5.74, 6) is 0.926. The summed E-state index contributed by atoms with van der Waals surface area (Å²) in [6.07, 6.45) is 0. The van der Waals surface area contributed by atoms with Gasteiger partial charge in [-0.15, -0.1) is 0 Å². The van der Waals surface area contributed by atoms with Gasteiger partial charge in [-0.1, -0.05) is 20.8 Å². The second-order valence-corrected chi connectivity index (χ2v) is 6.40. The Balaban J connectivity index is 2.24. The van der Waals surface area contributed by atoms with Gasteiger partial charge in [0.05, 0.1) is 0 Å². The molecule has 0 saturated heterocycles. The highest BCUT2D eigenvalue weighted by Gasteiger charge is 2.21. The molecule has 6 heteroatoms. The molecule has 106 valence electrons. The number of nitrogens with zero attached hydrogens (tertiary/aromatic N) is 3. The largest absolute Gasteiger partial charge is 0.384 e. The van der Waals surface area contributed by atoms with E-state index >= 15 is 0 Å². The Hall–Kier alpha value is -1.95. The van der Waals surface area contributed by atoms with Crippen LogP contribution in [0.4, 0.5) is 10.8 Å².